The number of carbonyl (C=O) groups excluding carboxylic acids is 1. The van der Waals surface area contributed by atoms with Crippen LogP contribution >= 0.6 is 0 Å². The normalized spacial score (nSPS) is 36.6. The lowest BCUT2D eigenvalue weighted by Crippen LogP contribution is -2.47. The van der Waals surface area contributed by atoms with E-state index in [1.807, 2.05) is 0 Å². The fraction of sp³-hybridized carbons (Fsp3) is 0.929. The van der Waals surface area contributed by atoms with Gasteiger partial charge in [0, 0.05) is 18.5 Å². The van der Waals surface area contributed by atoms with Crippen LogP contribution in [0.1, 0.15) is 39.0 Å². The summed E-state index contributed by atoms with van der Waals surface area (Å²) in [5.41, 5.74) is 0. The summed E-state index contributed by atoms with van der Waals surface area (Å²) in [5.74, 6) is 2.66. The molecule has 2 unspecified atom stereocenters. The largest absolute Gasteiger partial charge is 0.340 e. The van der Waals surface area contributed by atoms with Crippen LogP contribution in [0.15, 0.2) is 0 Å². The Morgan fingerprint density at radius 3 is 2.41 bits per heavy atom. The highest BCUT2D eigenvalue weighted by molar-refractivity contribution is 5.79. The lowest BCUT2D eigenvalue weighted by molar-refractivity contribution is -0.138. The Morgan fingerprint density at radius 1 is 1.18 bits per heavy atom. The van der Waals surface area contributed by atoms with Crippen molar-refractivity contribution in [3.8, 4) is 0 Å². The van der Waals surface area contributed by atoms with Gasteiger partial charge in [-0.25, -0.2) is 0 Å². The van der Waals surface area contributed by atoms with Gasteiger partial charge in [0.2, 0.25) is 5.91 Å². The van der Waals surface area contributed by atoms with Gasteiger partial charge in [0.25, 0.3) is 0 Å². The average molecular weight is 236 g/mol. The third-order valence-electron chi connectivity index (χ3n) is 4.97. The van der Waals surface area contributed by atoms with Crippen LogP contribution in [0.4, 0.5) is 0 Å². The van der Waals surface area contributed by atoms with Gasteiger partial charge >= 0.3 is 0 Å². The molecule has 0 spiro atoms. The van der Waals surface area contributed by atoms with Crippen LogP contribution < -0.4 is 5.32 Å². The zero-order valence-electron chi connectivity index (χ0n) is 10.8. The SMILES string of the molecule is CCN(C(=O)C1CC2CC2C1)C1CCNCC1. The number of nitrogens with one attached hydrogen (secondary N) is 1. The molecule has 1 heterocycles. The molecule has 1 aliphatic heterocycles. The molecular weight excluding hydrogens is 212 g/mol. The number of rotatable bonds is 3. The number of carbonyl (C=O) groups is 1. The van der Waals surface area contributed by atoms with Crippen molar-refractivity contribution in [1.82, 2.24) is 10.2 Å². The van der Waals surface area contributed by atoms with Crippen LogP contribution in [0.2, 0.25) is 0 Å². The highest BCUT2D eigenvalue weighted by atomic mass is 16.2. The second-order valence-electron chi connectivity index (χ2n) is 6.03. The number of piperidine rings is 1. The minimum Gasteiger partial charge on any atom is -0.340 e. The molecule has 2 saturated carbocycles. The maximum atomic E-state index is 12.5. The molecule has 3 aliphatic rings. The van der Waals surface area contributed by atoms with Gasteiger partial charge in [-0.15, -0.1) is 0 Å². The van der Waals surface area contributed by atoms with Gasteiger partial charge in [-0.3, -0.25) is 4.79 Å². The highest BCUT2D eigenvalue weighted by Crippen LogP contribution is 2.54. The summed E-state index contributed by atoms with van der Waals surface area (Å²) in [4.78, 5) is 14.7. The number of hydrogen-bond donors (Lipinski definition) is 1. The summed E-state index contributed by atoms with van der Waals surface area (Å²) in [5, 5.41) is 3.38. The lowest BCUT2D eigenvalue weighted by Gasteiger charge is -2.35. The zero-order valence-corrected chi connectivity index (χ0v) is 10.8. The van der Waals surface area contributed by atoms with Gasteiger partial charge in [0.05, 0.1) is 0 Å². The van der Waals surface area contributed by atoms with E-state index in [1.54, 1.807) is 0 Å². The van der Waals surface area contributed by atoms with E-state index in [0.29, 0.717) is 17.9 Å². The van der Waals surface area contributed by atoms with Crippen molar-refractivity contribution in [3.05, 3.63) is 0 Å². The van der Waals surface area contributed by atoms with E-state index in [4.69, 9.17) is 0 Å². The third kappa shape index (κ3) is 2.22. The summed E-state index contributed by atoms with van der Waals surface area (Å²) < 4.78 is 0. The summed E-state index contributed by atoms with van der Waals surface area (Å²) in [6.45, 7) is 5.18. The molecule has 0 radical (unpaired) electrons. The highest BCUT2D eigenvalue weighted by Gasteiger charge is 2.49. The second kappa shape index (κ2) is 4.60. The molecular formula is C14H24N2O. The smallest absolute Gasteiger partial charge is 0.225 e. The van der Waals surface area contributed by atoms with Crippen molar-refractivity contribution in [1.29, 1.82) is 0 Å². The number of amides is 1. The molecule has 3 rings (SSSR count). The predicted octanol–water partition coefficient (Wildman–Crippen LogP) is 1.63. The minimum absolute atomic E-state index is 0.369. The van der Waals surface area contributed by atoms with Gasteiger partial charge in [-0.1, -0.05) is 0 Å². The van der Waals surface area contributed by atoms with Gasteiger partial charge in [-0.05, 0) is 64.0 Å². The summed E-state index contributed by atoms with van der Waals surface area (Å²) >= 11 is 0. The molecule has 96 valence electrons. The van der Waals surface area contributed by atoms with Crippen LogP contribution in [-0.4, -0.2) is 36.5 Å². The molecule has 2 atom stereocenters. The van der Waals surface area contributed by atoms with Gasteiger partial charge < -0.3 is 10.2 Å². The maximum Gasteiger partial charge on any atom is 0.225 e. The average Bonchev–Trinajstić information content (AvgIpc) is 2.98. The molecule has 1 saturated heterocycles. The molecule has 3 heteroatoms. The van der Waals surface area contributed by atoms with Crippen molar-refractivity contribution in [2.45, 2.75) is 45.1 Å². The van der Waals surface area contributed by atoms with E-state index in [9.17, 15) is 4.79 Å². The third-order valence-corrected chi connectivity index (χ3v) is 4.97. The van der Waals surface area contributed by atoms with E-state index in [1.165, 1.54) is 19.3 Å². The van der Waals surface area contributed by atoms with Crippen molar-refractivity contribution in [2.24, 2.45) is 17.8 Å². The summed E-state index contributed by atoms with van der Waals surface area (Å²) in [7, 11) is 0. The van der Waals surface area contributed by atoms with Gasteiger partial charge in [-0.2, -0.15) is 0 Å². The molecule has 0 aromatic carbocycles. The van der Waals surface area contributed by atoms with Crippen LogP contribution in [0.3, 0.4) is 0 Å². The molecule has 3 nitrogen and oxygen atoms in total. The standard InChI is InChI=1S/C14H24N2O/c1-2-16(13-3-5-15-6-4-13)14(17)12-8-10-7-11(10)9-12/h10-13,15H,2-9H2,1H3. The Balaban J connectivity index is 1.60. The minimum atomic E-state index is 0.369. The Hall–Kier alpha value is -0.570. The first-order chi connectivity index (χ1) is 8.29. The van der Waals surface area contributed by atoms with Crippen LogP contribution in [0.25, 0.3) is 0 Å². The lowest BCUT2D eigenvalue weighted by atomic mass is 9.98. The van der Waals surface area contributed by atoms with Crippen molar-refractivity contribution < 1.29 is 4.79 Å². The van der Waals surface area contributed by atoms with Crippen LogP contribution in [0, 0.1) is 17.8 Å². The van der Waals surface area contributed by atoms with Crippen LogP contribution in [-0.2, 0) is 4.79 Å². The summed E-state index contributed by atoms with van der Waals surface area (Å²) in [6, 6.07) is 0.505. The molecule has 0 aromatic rings. The molecule has 1 amide bonds. The molecule has 0 aromatic heterocycles. The van der Waals surface area contributed by atoms with Crippen molar-refractivity contribution >= 4 is 5.91 Å². The number of fused-ring (bicyclic) bond motifs is 1. The number of hydrogen-bond acceptors (Lipinski definition) is 2. The Labute approximate surface area is 104 Å². The second-order valence-corrected chi connectivity index (χ2v) is 6.03. The fourth-order valence-corrected chi connectivity index (χ4v) is 3.86. The zero-order chi connectivity index (χ0) is 11.8. The first-order valence-electron chi connectivity index (χ1n) is 7.30. The fourth-order valence-electron chi connectivity index (χ4n) is 3.86. The van der Waals surface area contributed by atoms with E-state index < -0.39 is 0 Å². The molecule has 1 N–H and O–H groups in total. The first-order valence-corrected chi connectivity index (χ1v) is 7.30. The monoisotopic (exact) mass is 236 g/mol. The topological polar surface area (TPSA) is 32.3 Å². The Kier molecular flexibility index (Phi) is 3.12. The Morgan fingerprint density at radius 2 is 1.82 bits per heavy atom. The predicted molar refractivity (Wildman–Crippen MR) is 67.6 cm³/mol. The molecule has 17 heavy (non-hydrogen) atoms. The summed E-state index contributed by atoms with van der Waals surface area (Å²) in [6.07, 6.45) is 6.05. The van der Waals surface area contributed by atoms with E-state index >= 15 is 0 Å². The van der Waals surface area contributed by atoms with Crippen molar-refractivity contribution in [3.63, 3.8) is 0 Å². The Bertz CT molecular complexity index is 289. The molecule has 3 fully saturated rings. The van der Waals surface area contributed by atoms with Gasteiger partial charge in [0.15, 0.2) is 0 Å². The van der Waals surface area contributed by atoms with Crippen molar-refractivity contribution in [2.75, 3.05) is 19.6 Å². The van der Waals surface area contributed by atoms with E-state index in [2.05, 4.69) is 17.1 Å². The van der Waals surface area contributed by atoms with E-state index in [-0.39, 0.29) is 0 Å². The quantitative estimate of drug-likeness (QED) is 0.808. The molecule has 2 aliphatic carbocycles. The number of nitrogens with zero attached hydrogens (tertiary/aromatic N) is 1. The van der Waals surface area contributed by atoms with Crippen LogP contribution in [0.5, 0.6) is 0 Å². The van der Waals surface area contributed by atoms with Gasteiger partial charge in [0.1, 0.15) is 0 Å². The van der Waals surface area contributed by atoms with E-state index in [0.717, 1.165) is 44.3 Å². The molecule has 0 bridgehead atoms. The first kappa shape index (κ1) is 11.5. The maximum absolute atomic E-state index is 12.5.